The molecule has 1 unspecified atom stereocenters. The van der Waals surface area contributed by atoms with Crippen LogP contribution in [0.5, 0.6) is 0 Å². The number of Topliss-reactive ketones (excluding diaryl/α,β-unsaturated/α-hetero) is 1. The van der Waals surface area contributed by atoms with Crippen LogP contribution in [0.2, 0.25) is 0 Å². The van der Waals surface area contributed by atoms with E-state index in [1.807, 2.05) is 0 Å². The minimum absolute atomic E-state index is 0.0325. The highest BCUT2D eigenvalue weighted by atomic mass is 16.2. The third kappa shape index (κ3) is 6.13. The fourth-order valence-corrected chi connectivity index (χ4v) is 1.15. The van der Waals surface area contributed by atoms with Crippen molar-refractivity contribution in [1.82, 2.24) is 5.32 Å². The Hall–Kier alpha value is -1.06. The van der Waals surface area contributed by atoms with E-state index in [0.717, 1.165) is 19.3 Å². The average Bonchev–Trinajstić information content (AvgIpc) is 2.02. The third-order valence-corrected chi connectivity index (χ3v) is 1.90. The zero-order valence-corrected chi connectivity index (χ0v) is 8.30. The van der Waals surface area contributed by atoms with Crippen molar-refractivity contribution < 1.29 is 9.59 Å². The Bertz CT molecular complexity index is 180. The number of carbonyl (C=O) groups is 2. The molecular formula is C9H18N2O2. The second-order valence-electron chi connectivity index (χ2n) is 3.17. The topological polar surface area (TPSA) is 72.2 Å². The molecule has 1 atom stereocenters. The number of unbranched alkanes of at least 4 members (excludes halogenated alkanes) is 2. The van der Waals surface area contributed by atoms with Crippen LogP contribution in [0.3, 0.4) is 0 Å². The molecule has 13 heavy (non-hydrogen) atoms. The van der Waals surface area contributed by atoms with E-state index in [1.165, 1.54) is 6.92 Å². The first-order valence-corrected chi connectivity index (χ1v) is 4.64. The number of amides is 2. The first-order chi connectivity index (χ1) is 6.07. The summed E-state index contributed by atoms with van der Waals surface area (Å²) in [6, 6.07) is -1.03. The predicted octanol–water partition coefficient (Wildman–Crippen LogP) is 1.19. The van der Waals surface area contributed by atoms with Crippen molar-refractivity contribution in [2.75, 3.05) is 0 Å². The van der Waals surface area contributed by atoms with Crippen LogP contribution < -0.4 is 11.1 Å². The van der Waals surface area contributed by atoms with Crippen molar-refractivity contribution in [3.63, 3.8) is 0 Å². The van der Waals surface area contributed by atoms with E-state index >= 15 is 0 Å². The molecular weight excluding hydrogens is 168 g/mol. The van der Waals surface area contributed by atoms with Gasteiger partial charge < -0.3 is 11.1 Å². The SMILES string of the molecule is CCCCCC(NC(N)=O)C(C)=O. The molecule has 0 aliphatic carbocycles. The van der Waals surface area contributed by atoms with Crippen molar-refractivity contribution in [2.24, 2.45) is 5.73 Å². The van der Waals surface area contributed by atoms with E-state index in [2.05, 4.69) is 12.2 Å². The lowest BCUT2D eigenvalue weighted by Gasteiger charge is -2.13. The van der Waals surface area contributed by atoms with Gasteiger partial charge in [0.15, 0.2) is 5.78 Å². The summed E-state index contributed by atoms with van der Waals surface area (Å²) in [4.78, 5) is 21.5. The number of ketones is 1. The summed E-state index contributed by atoms with van der Waals surface area (Å²) in [5, 5.41) is 2.43. The summed E-state index contributed by atoms with van der Waals surface area (Å²) < 4.78 is 0. The highest BCUT2D eigenvalue weighted by Gasteiger charge is 2.14. The summed E-state index contributed by atoms with van der Waals surface area (Å²) in [5.41, 5.74) is 4.93. The molecule has 0 bridgehead atoms. The Labute approximate surface area is 78.9 Å². The third-order valence-electron chi connectivity index (χ3n) is 1.90. The number of nitrogens with one attached hydrogen (secondary N) is 1. The molecule has 0 saturated heterocycles. The second kappa shape index (κ2) is 6.46. The molecule has 4 heteroatoms. The standard InChI is InChI=1S/C9H18N2O2/c1-3-4-5-6-8(7(2)12)11-9(10)13/h8H,3-6H2,1-2H3,(H3,10,11,13). The van der Waals surface area contributed by atoms with Gasteiger partial charge in [-0.15, -0.1) is 0 Å². The fraction of sp³-hybridized carbons (Fsp3) is 0.778. The number of urea groups is 1. The van der Waals surface area contributed by atoms with E-state index in [9.17, 15) is 9.59 Å². The maximum Gasteiger partial charge on any atom is 0.312 e. The van der Waals surface area contributed by atoms with Crippen molar-refractivity contribution in [3.05, 3.63) is 0 Å². The van der Waals surface area contributed by atoms with Crippen molar-refractivity contribution in [1.29, 1.82) is 0 Å². The molecule has 0 spiro atoms. The number of hydrogen-bond donors (Lipinski definition) is 2. The monoisotopic (exact) mass is 186 g/mol. The molecule has 0 aliphatic rings. The maximum atomic E-state index is 11.0. The summed E-state index contributed by atoms with van der Waals surface area (Å²) >= 11 is 0. The number of carbonyl (C=O) groups excluding carboxylic acids is 2. The molecule has 0 radical (unpaired) electrons. The van der Waals surface area contributed by atoms with Crippen LogP contribution in [0.4, 0.5) is 4.79 Å². The van der Waals surface area contributed by atoms with Gasteiger partial charge in [0.05, 0.1) is 6.04 Å². The molecule has 4 nitrogen and oxygen atoms in total. The van der Waals surface area contributed by atoms with Gasteiger partial charge in [-0.3, -0.25) is 4.79 Å². The van der Waals surface area contributed by atoms with Crippen molar-refractivity contribution in [3.8, 4) is 0 Å². The Morgan fingerprint density at radius 3 is 2.38 bits per heavy atom. The van der Waals surface area contributed by atoms with Crippen molar-refractivity contribution >= 4 is 11.8 Å². The molecule has 2 amide bonds. The van der Waals surface area contributed by atoms with Gasteiger partial charge in [0.2, 0.25) is 0 Å². The van der Waals surface area contributed by atoms with Gasteiger partial charge in [0, 0.05) is 0 Å². The zero-order chi connectivity index (χ0) is 10.3. The normalized spacial score (nSPS) is 12.2. The van der Waals surface area contributed by atoms with Crippen LogP contribution in [0.1, 0.15) is 39.5 Å². The molecule has 0 aliphatic heterocycles. The first kappa shape index (κ1) is 11.9. The molecule has 0 aromatic rings. The molecule has 0 aromatic carbocycles. The average molecular weight is 186 g/mol. The molecule has 0 fully saturated rings. The van der Waals surface area contributed by atoms with Gasteiger partial charge in [-0.05, 0) is 13.3 Å². The largest absolute Gasteiger partial charge is 0.352 e. The van der Waals surface area contributed by atoms with E-state index in [-0.39, 0.29) is 5.78 Å². The summed E-state index contributed by atoms with van der Waals surface area (Å²) in [5.74, 6) is -0.0325. The minimum atomic E-state index is -0.628. The van der Waals surface area contributed by atoms with Crippen molar-refractivity contribution in [2.45, 2.75) is 45.6 Å². The van der Waals surface area contributed by atoms with Gasteiger partial charge in [-0.1, -0.05) is 26.2 Å². The highest BCUT2D eigenvalue weighted by Crippen LogP contribution is 2.03. The van der Waals surface area contributed by atoms with Crippen LogP contribution in [0, 0.1) is 0 Å². The van der Waals surface area contributed by atoms with Crippen LogP contribution >= 0.6 is 0 Å². The molecule has 0 rings (SSSR count). The predicted molar refractivity (Wildman–Crippen MR) is 51.3 cm³/mol. The lowest BCUT2D eigenvalue weighted by atomic mass is 10.1. The Morgan fingerprint density at radius 1 is 1.38 bits per heavy atom. The Balaban J connectivity index is 3.81. The number of hydrogen-bond acceptors (Lipinski definition) is 2. The summed E-state index contributed by atoms with van der Waals surface area (Å²) in [6.07, 6.45) is 3.80. The van der Waals surface area contributed by atoms with Crippen LogP contribution in [0.25, 0.3) is 0 Å². The lowest BCUT2D eigenvalue weighted by molar-refractivity contribution is -0.118. The second-order valence-corrected chi connectivity index (χ2v) is 3.17. The van der Waals surface area contributed by atoms with Gasteiger partial charge in [0.1, 0.15) is 0 Å². The number of nitrogens with two attached hydrogens (primary N) is 1. The molecule has 3 N–H and O–H groups in total. The lowest BCUT2D eigenvalue weighted by Crippen LogP contribution is -2.42. The fourth-order valence-electron chi connectivity index (χ4n) is 1.15. The maximum absolute atomic E-state index is 11.0. The first-order valence-electron chi connectivity index (χ1n) is 4.64. The van der Waals surface area contributed by atoms with E-state index in [4.69, 9.17) is 5.73 Å². The van der Waals surface area contributed by atoms with Gasteiger partial charge in [0.25, 0.3) is 0 Å². The van der Waals surface area contributed by atoms with Crippen LogP contribution in [-0.2, 0) is 4.79 Å². The van der Waals surface area contributed by atoms with E-state index < -0.39 is 12.1 Å². The number of primary amides is 1. The summed E-state index contributed by atoms with van der Waals surface area (Å²) in [6.45, 7) is 3.55. The van der Waals surface area contributed by atoms with Gasteiger partial charge >= 0.3 is 6.03 Å². The van der Waals surface area contributed by atoms with E-state index in [0.29, 0.717) is 6.42 Å². The molecule has 76 valence electrons. The summed E-state index contributed by atoms with van der Waals surface area (Å²) in [7, 11) is 0. The highest BCUT2D eigenvalue weighted by molar-refractivity contribution is 5.86. The van der Waals surface area contributed by atoms with E-state index in [1.54, 1.807) is 0 Å². The molecule has 0 aromatic heterocycles. The Kier molecular flexibility index (Phi) is 5.93. The smallest absolute Gasteiger partial charge is 0.312 e. The molecule has 0 heterocycles. The van der Waals surface area contributed by atoms with Gasteiger partial charge in [-0.25, -0.2) is 4.79 Å². The number of rotatable bonds is 6. The molecule has 0 saturated carbocycles. The van der Waals surface area contributed by atoms with Gasteiger partial charge in [-0.2, -0.15) is 0 Å². The van der Waals surface area contributed by atoms with Crippen LogP contribution in [0.15, 0.2) is 0 Å². The Morgan fingerprint density at radius 2 is 2.00 bits per heavy atom. The minimum Gasteiger partial charge on any atom is -0.352 e. The zero-order valence-electron chi connectivity index (χ0n) is 8.30. The quantitative estimate of drug-likeness (QED) is 0.611. The van der Waals surface area contributed by atoms with Crippen LogP contribution in [-0.4, -0.2) is 17.9 Å².